The predicted molar refractivity (Wildman–Crippen MR) is 79.9 cm³/mol. The molecule has 0 fully saturated rings. The lowest BCUT2D eigenvalue weighted by molar-refractivity contribution is -0.148. The first-order valence-corrected chi connectivity index (χ1v) is 7.76. The molecule has 0 bridgehead atoms. The highest BCUT2D eigenvalue weighted by Gasteiger charge is 2.09. The third-order valence-corrected chi connectivity index (χ3v) is 3.31. The highest BCUT2D eigenvalue weighted by atomic mass is 32.1. The first-order valence-electron chi connectivity index (χ1n) is 6.82. The minimum Gasteiger partial charge on any atom is -0.456 e. The molecular formula is C14H20N2O4S. The lowest BCUT2D eigenvalue weighted by Gasteiger charge is -2.07. The van der Waals surface area contributed by atoms with Crippen LogP contribution in [-0.2, 0) is 25.5 Å². The second-order valence-corrected chi connectivity index (χ2v) is 5.20. The van der Waals surface area contributed by atoms with E-state index in [1.54, 1.807) is 11.3 Å². The molecule has 0 unspecified atom stereocenters. The molecule has 7 heteroatoms. The van der Waals surface area contributed by atoms with Crippen molar-refractivity contribution in [2.24, 2.45) is 0 Å². The Kier molecular flexibility index (Phi) is 8.11. The Morgan fingerprint density at radius 2 is 2.05 bits per heavy atom. The van der Waals surface area contributed by atoms with Crippen LogP contribution in [0.4, 0.5) is 0 Å². The summed E-state index contributed by atoms with van der Waals surface area (Å²) >= 11 is 1.57. The van der Waals surface area contributed by atoms with Gasteiger partial charge in [0.2, 0.25) is 5.91 Å². The van der Waals surface area contributed by atoms with E-state index in [1.165, 1.54) is 0 Å². The molecule has 0 saturated heterocycles. The van der Waals surface area contributed by atoms with Crippen molar-refractivity contribution >= 4 is 29.1 Å². The number of thiophene rings is 1. The molecule has 1 aromatic rings. The highest BCUT2D eigenvalue weighted by Crippen LogP contribution is 2.08. The number of amides is 2. The normalized spacial score (nSPS) is 9.95. The maximum absolute atomic E-state index is 11.4. The summed E-state index contributed by atoms with van der Waals surface area (Å²) in [7, 11) is 0. The average molecular weight is 312 g/mol. The largest absolute Gasteiger partial charge is 0.456 e. The van der Waals surface area contributed by atoms with Crippen molar-refractivity contribution in [2.75, 3.05) is 19.7 Å². The van der Waals surface area contributed by atoms with Gasteiger partial charge in [-0.15, -0.1) is 0 Å². The quantitative estimate of drug-likeness (QED) is 0.663. The van der Waals surface area contributed by atoms with Gasteiger partial charge in [-0.05, 0) is 35.2 Å². The molecule has 0 atom stereocenters. The van der Waals surface area contributed by atoms with E-state index in [2.05, 4.69) is 10.6 Å². The summed E-state index contributed by atoms with van der Waals surface area (Å²) in [5.41, 5.74) is 1.08. The standard InChI is InChI=1S/C14H20N2O4S/c1-2-6-15-12(17)8-16-13(18)9-20-14(19)4-3-11-5-7-21-10-11/h5,7,10H,2-4,6,8-9H2,1H3,(H,15,17)(H,16,18). The Balaban J connectivity index is 2.09. The second-order valence-electron chi connectivity index (χ2n) is 4.42. The summed E-state index contributed by atoms with van der Waals surface area (Å²) in [4.78, 5) is 34.1. The van der Waals surface area contributed by atoms with Crippen LogP contribution in [0.2, 0.25) is 0 Å². The topological polar surface area (TPSA) is 84.5 Å². The van der Waals surface area contributed by atoms with Gasteiger partial charge in [0, 0.05) is 13.0 Å². The van der Waals surface area contributed by atoms with Crippen LogP contribution >= 0.6 is 11.3 Å². The molecule has 0 aliphatic rings. The summed E-state index contributed by atoms with van der Waals surface area (Å²) in [6.45, 7) is 2.05. The number of carbonyl (C=O) groups is 3. The number of carbonyl (C=O) groups excluding carboxylic acids is 3. The van der Waals surface area contributed by atoms with Gasteiger partial charge >= 0.3 is 5.97 Å². The fraction of sp³-hybridized carbons (Fsp3) is 0.500. The van der Waals surface area contributed by atoms with Crippen LogP contribution in [0.15, 0.2) is 16.8 Å². The molecule has 1 heterocycles. The Morgan fingerprint density at radius 3 is 2.71 bits per heavy atom. The van der Waals surface area contributed by atoms with E-state index in [0.29, 0.717) is 13.0 Å². The van der Waals surface area contributed by atoms with Gasteiger partial charge in [-0.2, -0.15) is 11.3 Å². The summed E-state index contributed by atoms with van der Waals surface area (Å²) in [6.07, 6.45) is 1.67. The van der Waals surface area contributed by atoms with Crippen LogP contribution in [0.25, 0.3) is 0 Å². The molecule has 0 saturated carbocycles. The van der Waals surface area contributed by atoms with E-state index in [1.807, 2.05) is 23.8 Å². The predicted octanol–water partition coefficient (Wildman–Crippen LogP) is 0.866. The van der Waals surface area contributed by atoms with Gasteiger partial charge in [0.1, 0.15) is 0 Å². The van der Waals surface area contributed by atoms with Crippen molar-refractivity contribution < 1.29 is 19.1 Å². The Bertz CT molecular complexity index is 460. The zero-order chi connectivity index (χ0) is 15.5. The van der Waals surface area contributed by atoms with E-state index >= 15 is 0 Å². The number of hydrogen-bond acceptors (Lipinski definition) is 5. The smallest absolute Gasteiger partial charge is 0.306 e. The Hall–Kier alpha value is -1.89. The maximum atomic E-state index is 11.4. The molecule has 1 rings (SSSR count). The average Bonchev–Trinajstić information content (AvgIpc) is 3.00. The molecule has 1 aromatic heterocycles. The van der Waals surface area contributed by atoms with Gasteiger partial charge in [0.05, 0.1) is 6.54 Å². The number of aryl methyl sites for hydroxylation is 1. The summed E-state index contributed by atoms with van der Waals surface area (Å²) < 4.78 is 4.84. The monoisotopic (exact) mass is 312 g/mol. The van der Waals surface area contributed by atoms with Crippen LogP contribution in [0, 0.1) is 0 Å². The molecule has 0 aliphatic carbocycles. The van der Waals surface area contributed by atoms with Crippen molar-refractivity contribution in [3.05, 3.63) is 22.4 Å². The van der Waals surface area contributed by atoms with Crippen LogP contribution in [0.1, 0.15) is 25.3 Å². The number of nitrogens with one attached hydrogen (secondary N) is 2. The summed E-state index contributed by atoms with van der Waals surface area (Å²) in [5.74, 6) is -1.16. The third-order valence-electron chi connectivity index (χ3n) is 2.58. The van der Waals surface area contributed by atoms with E-state index in [4.69, 9.17) is 4.74 Å². The molecule has 0 spiro atoms. The third kappa shape index (κ3) is 8.09. The Labute approximate surface area is 127 Å². The van der Waals surface area contributed by atoms with Gasteiger partial charge in [-0.25, -0.2) is 0 Å². The van der Waals surface area contributed by atoms with E-state index in [9.17, 15) is 14.4 Å². The van der Waals surface area contributed by atoms with Crippen LogP contribution in [-0.4, -0.2) is 37.5 Å². The van der Waals surface area contributed by atoms with Gasteiger partial charge in [-0.3, -0.25) is 14.4 Å². The zero-order valence-electron chi connectivity index (χ0n) is 12.0. The second kappa shape index (κ2) is 9.93. The molecule has 21 heavy (non-hydrogen) atoms. The summed E-state index contributed by atoms with van der Waals surface area (Å²) in [5, 5.41) is 8.93. The fourth-order valence-corrected chi connectivity index (χ4v) is 2.16. The summed E-state index contributed by atoms with van der Waals surface area (Å²) in [6, 6.07) is 1.94. The lowest BCUT2D eigenvalue weighted by Crippen LogP contribution is -2.38. The Morgan fingerprint density at radius 1 is 1.24 bits per heavy atom. The van der Waals surface area contributed by atoms with Crippen LogP contribution in [0.5, 0.6) is 0 Å². The zero-order valence-corrected chi connectivity index (χ0v) is 12.8. The van der Waals surface area contributed by atoms with E-state index in [0.717, 1.165) is 12.0 Å². The van der Waals surface area contributed by atoms with E-state index in [-0.39, 0.29) is 25.5 Å². The fourth-order valence-electron chi connectivity index (χ4n) is 1.46. The van der Waals surface area contributed by atoms with Gasteiger partial charge in [0.25, 0.3) is 5.91 Å². The molecule has 116 valence electrons. The number of rotatable bonds is 9. The van der Waals surface area contributed by atoms with Crippen LogP contribution < -0.4 is 10.6 Å². The molecule has 2 N–H and O–H groups in total. The van der Waals surface area contributed by atoms with Gasteiger partial charge in [0.15, 0.2) is 6.61 Å². The van der Waals surface area contributed by atoms with E-state index < -0.39 is 11.9 Å². The number of esters is 1. The highest BCUT2D eigenvalue weighted by molar-refractivity contribution is 7.07. The SMILES string of the molecule is CCCNC(=O)CNC(=O)COC(=O)CCc1ccsc1. The molecule has 2 amide bonds. The van der Waals surface area contributed by atoms with Crippen molar-refractivity contribution in [3.8, 4) is 0 Å². The molecule has 0 radical (unpaired) electrons. The first-order chi connectivity index (χ1) is 10.1. The minimum atomic E-state index is -0.481. The maximum Gasteiger partial charge on any atom is 0.306 e. The molecule has 0 aromatic carbocycles. The van der Waals surface area contributed by atoms with Crippen LogP contribution in [0.3, 0.4) is 0 Å². The van der Waals surface area contributed by atoms with Crippen molar-refractivity contribution in [2.45, 2.75) is 26.2 Å². The lowest BCUT2D eigenvalue weighted by atomic mass is 10.2. The molecular weight excluding hydrogens is 292 g/mol. The number of ether oxygens (including phenoxy) is 1. The van der Waals surface area contributed by atoms with Crippen molar-refractivity contribution in [3.63, 3.8) is 0 Å². The van der Waals surface area contributed by atoms with Crippen molar-refractivity contribution in [1.82, 2.24) is 10.6 Å². The van der Waals surface area contributed by atoms with Gasteiger partial charge in [-0.1, -0.05) is 6.92 Å². The first kappa shape index (κ1) is 17.2. The molecule has 0 aliphatic heterocycles. The van der Waals surface area contributed by atoms with Gasteiger partial charge < -0.3 is 15.4 Å². The van der Waals surface area contributed by atoms with Crippen molar-refractivity contribution in [1.29, 1.82) is 0 Å². The molecule has 6 nitrogen and oxygen atoms in total. The number of hydrogen-bond donors (Lipinski definition) is 2. The minimum absolute atomic E-state index is 0.106.